The molecule has 0 aliphatic carbocycles. The Labute approximate surface area is 112 Å². The smallest absolute Gasteiger partial charge is 0.254 e. The molecule has 5 nitrogen and oxygen atoms in total. The molecule has 0 aromatic heterocycles. The van der Waals surface area contributed by atoms with E-state index in [1.165, 1.54) is 5.56 Å². The van der Waals surface area contributed by atoms with Crippen LogP contribution in [-0.2, 0) is 6.42 Å². The minimum atomic E-state index is -0.289. The molecule has 1 heterocycles. The summed E-state index contributed by atoms with van der Waals surface area (Å²) in [6.45, 7) is 2.72. The number of nitrogens with zero attached hydrogens (tertiary/aromatic N) is 2. The number of oxime groups is 1. The van der Waals surface area contributed by atoms with Crippen LogP contribution in [0.15, 0.2) is 29.4 Å². The van der Waals surface area contributed by atoms with Crippen LogP contribution in [0.5, 0.6) is 0 Å². The normalized spacial score (nSPS) is 19.7. The van der Waals surface area contributed by atoms with Gasteiger partial charge in [0.2, 0.25) is 0 Å². The van der Waals surface area contributed by atoms with Gasteiger partial charge in [0.15, 0.2) is 5.84 Å². The van der Waals surface area contributed by atoms with Crippen LogP contribution in [-0.4, -0.2) is 34.4 Å². The molecular formula is C14H19N3O2. The number of benzene rings is 1. The van der Waals surface area contributed by atoms with Crippen LogP contribution < -0.4 is 5.73 Å². The van der Waals surface area contributed by atoms with E-state index in [-0.39, 0.29) is 17.8 Å². The summed E-state index contributed by atoms with van der Waals surface area (Å²) in [6, 6.07) is 7.30. The van der Waals surface area contributed by atoms with E-state index in [0.29, 0.717) is 12.1 Å². The van der Waals surface area contributed by atoms with Gasteiger partial charge in [-0.3, -0.25) is 4.79 Å². The second-order valence-electron chi connectivity index (χ2n) is 4.73. The Morgan fingerprint density at radius 1 is 1.47 bits per heavy atom. The number of amides is 1. The number of hydrogen-bond acceptors (Lipinski definition) is 3. The Hall–Kier alpha value is -2.04. The molecule has 1 atom stereocenters. The Kier molecular flexibility index (Phi) is 4.04. The van der Waals surface area contributed by atoms with Gasteiger partial charge in [-0.1, -0.05) is 24.2 Å². The molecule has 3 N–H and O–H groups in total. The van der Waals surface area contributed by atoms with Gasteiger partial charge >= 0.3 is 0 Å². The third kappa shape index (κ3) is 2.70. The molecule has 1 amide bonds. The zero-order valence-electron chi connectivity index (χ0n) is 11.0. The first-order valence-corrected chi connectivity index (χ1v) is 6.54. The first-order chi connectivity index (χ1) is 9.17. The van der Waals surface area contributed by atoms with Crippen LogP contribution >= 0.6 is 0 Å². The van der Waals surface area contributed by atoms with Crippen LogP contribution in [0.25, 0.3) is 0 Å². The van der Waals surface area contributed by atoms with Gasteiger partial charge < -0.3 is 15.8 Å². The van der Waals surface area contributed by atoms with E-state index in [2.05, 4.69) is 12.1 Å². The number of carbonyl (C=O) groups is 1. The predicted octanol–water partition coefficient (Wildman–Crippen LogP) is 1.60. The number of carbonyl (C=O) groups excluding carboxylic acids is 1. The number of amidine groups is 1. The molecule has 5 heteroatoms. The van der Waals surface area contributed by atoms with Crippen LogP contribution in [0.1, 0.15) is 35.7 Å². The minimum Gasteiger partial charge on any atom is -0.409 e. The standard InChI is InChI=1S/C14H19N3O2/c1-2-10-5-7-11(8-6-10)14(18)17-9-3-4-12(17)13(15)16-19/h5-8,12,19H,2-4,9H2,1H3,(H2,15,16). The number of nitrogens with two attached hydrogens (primary N) is 1. The minimum absolute atomic E-state index is 0.0586. The second kappa shape index (κ2) is 5.73. The first kappa shape index (κ1) is 13.4. The fourth-order valence-corrected chi connectivity index (χ4v) is 2.43. The van der Waals surface area contributed by atoms with Gasteiger partial charge in [-0.25, -0.2) is 0 Å². The first-order valence-electron chi connectivity index (χ1n) is 6.54. The number of hydrogen-bond donors (Lipinski definition) is 2. The molecule has 0 saturated carbocycles. The van der Waals surface area contributed by atoms with Gasteiger partial charge in [-0.2, -0.15) is 0 Å². The molecule has 1 fully saturated rings. The van der Waals surface area contributed by atoms with Gasteiger partial charge in [0.25, 0.3) is 5.91 Å². The molecule has 1 saturated heterocycles. The van der Waals surface area contributed by atoms with Crippen molar-refractivity contribution in [3.63, 3.8) is 0 Å². The fourth-order valence-electron chi connectivity index (χ4n) is 2.43. The lowest BCUT2D eigenvalue weighted by Gasteiger charge is -2.23. The highest BCUT2D eigenvalue weighted by molar-refractivity contribution is 5.98. The van der Waals surface area contributed by atoms with E-state index in [1.807, 2.05) is 24.3 Å². The highest BCUT2D eigenvalue weighted by atomic mass is 16.4. The molecule has 2 rings (SSSR count). The highest BCUT2D eigenvalue weighted by Gasteiger charge is 2.32. The summed E-state index contributed by atoms with van der Waals surface area (Å²) in [7, 11) is 0. The third-order valence-electron chi connectivity index (χ3n) is 3.58. The summed E-state index contributed by atoms with van der Waals surface area (Å²) in [5.74, 6) is 0.0489. The molecular weight excluding hydrogens is 242 g/mol. The summed E-state index contributed by atoms with van der Waals surface area (Å²) in [4.78, 5) is 14.1. The van der Waals surface area contributed by atoms with Crippen molar-refractivity contribution < 1.29 is 10.0 Å². The van der Waals surface area contributed by atoms with E-state index in [4.69, 9.17) is 10.9 Å². The largest absolute Gasteiger partial charge is 0.409 e. The maximum atomic E-state index is 12.4. The van der Waals surface area contributed by atoms with Gasteiger partial charge in [-0.05, 0) is 37.0 Å². The van der Waals surface area contributed by atoms with E-state index in [1.54, 1.807) is 4.90 Å². The number of likely N-dealkylation sites (tertiary alicyclic amines) is 1. The number of aryl methyl sites for hydroxylation is 1. The number of rotatable bonds is 3. The lowest BCUT2D eigenvalue weighted by Crippen LogP contribution is -2.43. The molecule has 19 heavy (non-hydrogen) atoms. The Morgan fingerprint density at radius 2 is 2.16 bits per heavy atom. The van der Waals surface area contributed by atoms with E-state index >= 15 is 0 Å². The van der Waals surface area contributed by atoms with Crippen LogP contribution in [0.4, 0.5) is 0 Å². The fraction of sp³-hybridized carbons (Fsp3) is 0.429. The molecule has 1 aromatic rings. The molecule has 1 aromatic carbocycles. The molecule has 1 aliphatic rings. The topological polar surface area (TPSA) is 78.9 Å². The molecule has 0 radical (unpaired) electrons. The average Bonchev–Trinajstić information content (AvgIpc) is 2.95. The summed E-state index contributed by atoms with van der Waals surface area (Å²) in [5, 5.41) is 11.8. The molecule has 1 aliphatic heterocycles. The zero-order chi connectivity index (χ0) is 13.8. The summed E-state index contributed by atoms with van der Waals surface area (Å²) < 4.78 is 0. The third-order valence-corrected chi connectivity index (χ3v) is 3.58. The Morgan fingerprint density at radius 3 is 2.74 bits per heavy atom. The van der Waals surface area contributed by atoms with Crippen molar-refractivity contribution in [2.45, 2.75) is 32.2 Å². The monoisotopic (exact) mass is 261 g/mol. The lowest BCUT2D eigenvalue weighted by molar-refractivity contribution is 0.0768. The zero-order valence-corrected chi connectivity index (χ0v) is 11.0. The Bertz CT molecular complexity index is 482. The van der Waals surface area contributed by atoms with Gasteiger partial charge in [0.05, 0.1) is 6.04 Å². The lowest BCUT2D eigenvalue weighted by atomic mass is 10.1. The van der Waals surface area contributed by atoms with Crippen molar-refractivity contribution in [2.75, 3.05) is 6.54 Å². The van der Waals surface area contributed by atoms with E-state index in [0.717, 1.165) is 19.3 Å². The summed E-state index contributed by atoms with van der Waals surface area (Å²) in [5.41, 5.74) is 7.48. The van der Waals surface area contributed by atoms with Crippen molar-refractivity contribution in [3.05, 3.63) is 35.4 Å². The highest BCUT2D eigenvalue weighted by Crippen LogP contribution is 2.20. The van der Waals surface area contributed by atoms with Crippen molar-refractivity contribution >= 4 is 11.7 Å². The van der Waals surface area contributed by atoms with Crippen LogP contribution in [0.3, 0.4) is 0 Å². The van der Waals surface area contributed by atoms with Gasteiger partial charge in [0, 0.05) is 12.1 Å². The quantitative estimate of drug-likeness (QED) is 0.375. The predicted molar refractivity (Wildman–Crippen MR) is 73.3 cm³/mol. The second-order valence-corrected chi connectivity index (χ2v) is 4.73. The van der Waals surface area contributed by atoms with Crippen molar-refractivity contribution in [3.8, 4) is 0 Å². The van der Waals surface area contributed by atoms with Crippen molar-refractivity contribution in [2.24, 2.45) is 10.9 Å². The van der Waals surface area contributed by atoms with Gasteiger partial charge in [0.1, 0.15) is 0 Å². The molecule has 0 spiro atoms. The van der Waals surface area contributed by atoms with Crippen LogP contribution in [0.2, 0.25) is 0 Å². The van der Waals surface area contributed by atoms with E-state index < -0.39 is 0 Å². The van der Waals surface area contributed by atoms with Crippen molar-refractivity contribution in [1.29, 1.82) is 0 Å². The Balaban J connectivity index is 2.18. The van der Waals surface area contributed by atoms with Crippen molar-refractivity contribution in [1.82, 2.24) is 4.90 Å². The molecule has 102 valence electrons. The summed E-state index contributed by atoms with van der Waals surface area (Å²) in [6.07, 6.45) is 2.57. The molecule has 1 unspecified atom stereocenters. The average molecular weight is 261 g/mol. The van der Waals surface area contributed by atoms with Crippen LogP contribution in [0, 0.1) is 0 Å². The van der Waals surface area contributed by atoms with E-state index in [9.17, 15) is 4.79 Å². The maximum absolute atomic E-state index is 12.4. The molecule has 0 bridgehead atoms. The van der Waals surface area contributed by atoms with Gasteiger partial charge in [-0.15, -0.1) is 0 Å². The maximum Gasteiger partial charge on any atom is 0.254 e. The SMILES string of the molecule is CCc1ccc(C(=O)N2CCCC2C(N)=NO)cc1. The summed E-state index contributed by atoms with van der Waals surface area (Å²) >= 11 is 0.